The first-order valence-corrected chi connectivity index (χ1v) is 13.2. The van der Waals surface area contributed by atoms with E-state index in [0.29, 0.717) is 41.9 Å². The fourth-order valence-corrected chi connectivity index (χ4v) is 4.72. The second kappa shape index (κ2) is 13.1. The Labute approximate surface area is 218 Å². The van der Waals surface area contributed by atoms with Crippen molar-refractivity contribution in [2.24, 2.45) is 0 Å². The van der Waals surface area contributed by atoms with Crippen molar-refractivity contribution in [1.82, 2.24) is 0 Å². The molecule has 1 saturated heterocycles. The van der Waals surface area contributed by atoms with Crippen molar-refractivity contribution in [2.45, 2.75) is 64.6 Å². The molecule has 0 atom stereocenters. The van der Waals surface area contributed by atoms with Crippen molar-refractivity contribution in [1.29, 1.82) is 0 Å². The number of aryl methyl sites for hydroxylation is 1. The van der Waals surface area contributed by atoms with Gasteiger partial charge in [0.2, 0.25) is 0 Å². The Morgan fingerprint density at radius 3 is 2.16 bits per heavy atom. The molecule has 0 N–H and O–H groups in total. The Hall–Kier alpha value is -2.89. The molecular formula is C32H35F3O2. The van der Waals surface area contributed by atoms with E-state index in [2.05, 4.69) is 13.0 Å². The number of benzene rings is 3. The number of unbranched alkanes of at least 4 members (excludes halogenated alkanes) is 2. The van der Waals surface area contributed by atoms with Gasteiger partial charge in [-0.25, -0.2) is 13.2 Å². The van der Waals surface area contributed by atoms with Gasteiger partial charge in [-0.1, -0.05) is 80.4 Å². The van der Waals surface area contributed by atoms with E-state index in [9.17, 15) is 8.78 Å². The number of allylic oxidation sites excluding steroid dienone is 2. The van der Waals surface area contributed by atoms with Gasteiger partial charge in [0.15, 0.2) is 17.9 Å². The normalized spacial score (nSPS) is 18.0. The largest absolute Gasteiger partial charge is 0.352 e. The van der Waals surface area contributed by atoms with E-state index in [4.69, 9.17) is 9.47 Å². The van der Waals surface area contributed by atoms with Crippen LogP contribution in [-0.2, 0) is 15.9 Å². The minimum atomic E-state index is -0.835. The van der Waals surface area contributed by atoms with E-state index in [0.717, 1.165) is 37.7 Å². The molecule has 3 aromatic carbocycles. The van der Waals surface area contributed by atoms with Crippen LogP contribution in [0.25, 0.3) is 22.3 Å². The number of ether oxygens (including phenoxy) is 2. The first-order valence-electron chi connectivity index (χ1n) is 13.2. The van der Waals surface area contributed by atoms with E-state index in [1.54, 1.807) is 42.5 Å². The number of hydrogen-bond acceptors (Lipinski definition) is 2. The van der Waals surface area contributed by atoms with Crippen LogP contribution in [0, 0.1) is 17.5 Å². The second-order valence-electron chi connectivity index (χ2n) is 9.61. The Morgan fingerprint density at radius 2 is 1.51 bits per heavy atom. The summed E-state index contributed by atoms with van der Waals surface area (Å²) in [5, 5.41) is 0. The van der Waals surface area contributed by atoms with E-state index < -0.39 is 11.6 Å². The zero-order chi connectivity index (χ0) is 26.2. The maximum absolute atomic E-state index is 15.1. The Kier molecular flexibility index (Phi) is 9.59. The summed E-state index contributed by atoms with van der Waals surface area (Å²) >= 11 is 0. The molecule has 0 aromatic heterocycles. The van der Waals surface area contributed by atoms with Crippen LogP contribution in [-0.4, -0.2) is 19.5 Å². The molecule has 3 aromatic rings. The standard InChI is InChI=1S/C32H35F3O2/c1-3-5-7-9-24-15-18-28(32(35)31(24)34)23-13-11-22(12-14-23)27-17-16-25(19-29(27)33)26-20-36-30(37-21-26)10-8-6-4-2/h4,6,11-19,26,30H,3,5,7-10,20-21H2,1-2H3/b6-4+. The smallest absolute Gasteiger partial charge is 0.166 e. The van der Waals surface area contributed by atoms with Crippen LogP contribution in [0.15, 0.2) is 66.7 Å². The summed E-state index contributed by atoms with van der Waals surface area (Å²) in [5.41, 5.74) is 3.13. The van der Waals surface area contributed by atoms with E-state index in [1.165, 1.54) is 6.07 Å². The van der Waals surface area contributed by atoms with Gasteiger partial charge in [0.1, 0.15) is 5.82 Å². The third-order valence-corrected chi connectivity index (χ3v) is 6.95. The van der Waals surface area contributed by atoms with E-state index in [1.807, 2.05) is 19.1 Å². The highest BCUT2D eigenvalue weighted by atomic mass is 19.2. The SMILES string of the molecule is C/C=C/CCC1OCC(c2ccc(-c3ccc(-c4ccc(CCCCC)c(F)c4F)cc3)c(F)c2)CO1. The topological polar surface area (TPSA) is 18.5 Å². The lowest BCUT2D eigenvalue weighted by molar-refractivity contribution is -0.189. The average molecular weight is 509 g/mol. The zero-order valence-electron chi connectivity index (χ0n) is 21.6. The highest BCUT2D eigenvalue weighted by molar-refractivity contribution is 5.71. The molecule has 37 heavy (non-hydrogen) atoms. The van der Waals surface area contributed by atoms with Crippen LogP contribution in [0.4, 0.5) is 13.2 Å². The van der Waals surface area contributed by atoms with Crippen molar-refractivity contribution < 1.29 is 22.6 Å². The summed E-state index contributed by atoms with van der Waals surface area (Å²) in [6.45, 7) is 5.05. The fourth-order valence-electron chi connectivity index (χ4n) is 4.72. The molecule has 0 bridgehead atoms. The van der Waals surface area contributed by atoms with Crippen LogP contribution < -0.4 is 0 Å². The van der Waals surface area contributed by atoms with Gasteiger partial charge in [-0.3, -0.25) is 0 Å². The minimum absolute atomic E-state index is 0.0216. The van der Waals surface area contributed by atoms with E-state index >= 15 is 4.39 Å². The van der Waals surface area contributed by atoms with Gasteiger partial charge in [0, 0.05) is 23.5 Å². The maximum atomic E-state index is 15.1. The summed E-state index contributed by atoms with van der Waals surface area (Å²) in [5.74, 6) is -1.97. The molecule has 2 nitrogen and oxygen atoms in total. The van der Waals surface area contributed by atoms with E-state index in [-0.39, 0.29) is 23.6 Å². The van der Waals surface area contributed by atoms with Gasteiger partial charge in [0.25, 0.3) is 0 Å². The first-order chi connectivity index (χ1) is 18.0. The molecule has 5 heteroatoms. The highest BCUT2D eigenvalue weighted by Crippen LogP contribution is 2.32. The minimum Gasteiger partial charge on any atom is -0.352 e. The van der Waals surface area contributed by atoms with Crippen LogP contribution in [0.5, 0.6) is 0 Å². The lowest BCUT2D eigenvalue weighted by Crippen LogP contribution is -2.30. The van der Waals surface area contributed by atoms with Crippen LogP contribution in [0.1, 0.15) is 63.0 Å². The summed E-state index contributed by atoms with van der Waals surface area (Å²) < 4.78 is 56.1. The van der Waals surface area contributed by atoms with Gasteiger partial charge < -0.3 is 9.47 Å². The first kappa shape index (κ1) is 27.2. The Balaban J connectivity index is 1.43. The summed E-state index contributed by atoms with van der Waals surface area (Å²) in [4.78, 5) is 0. The van der Waals surface area contributed by atoms with Crippen LogP contribution in [0.3, 0.4) is 0 Å². The van der Waals surface area contributed by atoms with Gasteiger partial charge in [-0.05, 0) is 54.5 Å². The molecule has 196 valence electrons. The summed E-state index contributed by atoms with van der Waals surface area (Å²) in [6.07, 6.45) is 8.96. The molecule has 0 saturated carbocycles. The molecule has 0 amide bonds. The van der Waals surface area contributed by atoms with Crippen molar-refractivity contribution in [3.05, 3.63) is 95.3 Å². The third-order valence-electron chi connectivity index (χ3n) is 6.95. The van der Waals surface area contributed by atoms with Crippen molar-refractivity contribution in [3.8, 4) is 22.3 Å². The van der Waals surface area contributed by atoms with Crippen molar-refractivity contribution in [2.75, 3.05) is 13.2 Å². The van der Waals surface area contributed by atoms with Gasteiger partial charge in [-0.15, -0.1) is 0 Å². The third kappa shape index (κ3) is 6.71. The molecule has 0 unspecified atom stereocenters. The monoisotopic (exact) mass is 508 g/mol. The molecular weight excluding hydrogens is 473 g/mol. The number of hydrogen-bond donors (Lipinski definition) is 0. The van der Waals surface area contributed by atoms with Crippen molar-refractivity contribution >= 4 is 0 Å². The predicted molar refractivity (Wildman–Crippen MR) is 143 cm³/mol. The molecule has 1 aliphatic heterocycles. The molecule has 1 fully saturated rings. The number of halogens is 3. The molecule has 0 radical (unpaired) electrons. The van der Waals surface area contributed by atoms with Crippen LogP contribution >= 0.6 is 0 Å². The zero-order valence-corrected chi connectivity index (χ0v) is 21.6. The maximum Gasteiger partial charge on any atom is 0.166 e. The molecule has 0 aliphatic carbocycles. The predicted octanol–water partition coefficient (Wildman–Crippen LogP) is 8.98. The van der Waals surface area contributed by atoms with Crippen molar-refractivity contribution in [3.63, 3.8) is 0 Å². The molecule has 1 aliphatic rings. The molecule has 1 heterocycles. The lowest BCUT2D eigenvalue weighted by Gasteiger charge is -2.29. The second-order valence-corrected chi connectivity index (χ2v) is 9.61. The quantitative estimate of drug-likeness (QED) is 0.201. The van der Waals surface area contributed by atoms with Gasteiger partial charge in [0.05, 0.1) is 13.2 Å². The average Bonchev–Trinajstić information content (AvgIpc) is 2.92. The number of rotatable bonds is 10. The van der Waals surface area contributed by atoms with Crippen LogP contribution in [0.2, 0.25) is 0 Å². The summed E-state index contributed by atoms with van der Waals surface area (Å²) in [7, 11) is 0. The Morgan fingerprint density at radius 1 is 0.838 bits per heavy atom. The lowest BCUT2D eigenvalue weighted by atomic mass is 9.94. The molecule has 0 spiro atoms. The van der Waals surface area contributed by atoms with Gasteiger partial charge in [-0.2, -0.15) is 0 Å². The Bertz CT molecular complexity index is 1200. The van der Waals surface area contributed by atoms with Gasteiger partial charge >= 0.3 is 0 Å². The summed E-state index contributed by atoms with van der Waals surface area (Å²) in [6, 6.07) is 15.4. The highest BCUT2D eigenvalue weighted by Gasteiger charge is 2.24. The molecule has 4 rings (SSSR count). The fraction of sp³-hybridized carbons (Fsp3) is 0.375.